The van der Waals surface area contributed by atoms with Crippen molar-refractivity contribution >= 4 is 68.8 Å². The van der Waals surface area contributed by atoms with Crippen LogP contribution in [-0.2, 0) is 16.1 Å². The van der Waals surface area contributed by atoms with Crippen molar-refractivity contribution in [3.8, 4) is 0 Å². The Morgan fingerprint density at radius 3 is 2.54 bits per heavy atom. The van der Waals surface area contributed by atoms with Crippen LogP contribution in [0.5, 0.6) is 0 Å². The second-order valence-corrected chi connectivity index (χ2v) is 7.47. The van der Waals surface area contributed by atoms with Crippen molar-refractivity contribution in [1.29, 1.82) is 0 Å². The van der Waals surface area contributed by atoms with Gasteiger partial charge < -0.3 is 4.74 Å². The van der Waals surface area contributed by atoms with Crippen LogP contribution in [0.15, 0.2) is 41.9 Å². The van der Waals surface area contributed by atoms with E-state index in [9.17, 15) is 9.59 Å². The maximum atomic E-state index is 12.2. The first-order valence-corrected chi connectivity index (χ1v) is 9.86. The van der Waals surface area contributed by atoms with Crippen LogP contribution in [-0.4, -0.2) is 21.8 Å². The summed E-state index contributed by atoms with van der Waals surface area (Å²) in [4.78, 5) is 34.0. The molecule has 0 unspecified atom stereocenters. The lowest BCUT2D eigenvalue weighted by Crippen LogP contribution is -2.22. The van der Waals surface area contributed by atoms with E-state index in [1.165, 1.54) is 29.4 Å². The van der Waals surface area contributed by atoms with Crippen LogP contribution >= 0.6 is 46.1 Å². The Bertz CT molecular complexity index is 1030. The number of thiazole rings is 1. The van der Waals surface area contributed by atoms with Gasteiger partial charge >= 0.3 is 5.97 Å². The van der Waals surface area contributed by atoms with Crippen LogP contribution in [0.25, 0.3) is 0 Å². The van der Waals surface area contributed by atoms with E-state index in [1.54, 1.807) is 17.5 Å². The normalized spacial score (nSPS) is 10.6. The molecule has 144 valence electrons. The highest BCUT2D eigenvalue weighted by Gasteiger charge is 2.20. The number of halogens is 3. The van der Waals surface area contributed by atoms with Gasteiger partial charge in [0, 0.05) is 18.5 Å². The number of carbonyl (C=O) groups is 2. The number of anilines is 2. The molecule has 0 saturated carbocycles. The summed E-state index contributed by atoms with van der Waals surface area (Å²) in [6.07, 6.45) is 1.22. The third-order valence-corrected chi connectivity index (χ3v) is 5.64. The van der Waals surface area contributed by atoms with Crippen LogP contribution in [0, 0.1) is 0 Å². The summed E-state index contributed by atoms with van der Waals surface area (Å²) >= 11 is 19.0. The van der Waals surface area contributed by atoms with Crippen molar-refractivity contribution in [3.05, 3.63) is 68.4 Å². The zero-order valence-corrected chi connectivity index (χ0v) is 17.4. The smallest absolute Gasteiger partial charge is 0.358 e. The second kappa shape index (κ2) is 8.87. The number of hydrogen-bond acceptors (Lipinski definition) is 6. The first kappa shape index (κ1) is 20.5. The summed E-state index contributed by atoms with van der Waals surface area (Å²) in [7, 11) is 0. The number of amides is 1. The zero-order valence-electron chi connectivity index (χ0n) is 14.4. The van der Waals surface area contributed by atoms with Crippen molar-refractivity contribution in [1.82, 2.24) is 9.97 Å². The van der Waals surface area contributed by atoms with Gasteiger partial charge in [0.25, 0.3) is 0 Å². The van der Waals surface area contributed by atoms with Crippen LogP contribution in [0.2, 0.25) is 15.1 Å². The summed E-state index contributed by atoms with van der Waals surface area (Å²) in [5, 5.41) is 2.25. The van der Waals surface area contributed by atoms with Gasteiger partial charge in [0.1, 0.15) is 6.61 Å². The third-order valence-electron chi connectivity index (χ3n) is 3.52. The van der Waals surface area contributed by atoms with E-state index in [1.807, 2.05) is 18.2 Å². The van der Waals surface area contributed by atoms with E-state index < -0.39 is 5.97 Å². The number of pyridine rings is 1. The standard InChI is InChI=1S/C18H12Cl3N3O3S/c1-10(25)24(12-5-3-2-4-6-12)18-23-11(9-28-18)8-27-17(26)16-15(21)14(20)13(19)7-22-16/h2-7,9H,8H2,1H3. The molecule has 0 saturated heterocycles. The summed E-state index contributed by atoms with van der Waals surface area (Å²) in [6, 6.07) is 9.13. The van der Waals surface area contributed by atoms with Gasteiger partial charge in [0.15, 0.2) is 10.8 Å². The van der Waals surface area contributed by atoms with Gasteiger partial charge in [-0.3, -0.25) is 9.69 Å². The number of benzene rings is 1. The molecule has 1 aromatic carbocycles. The molecule has 0 bridgehead atoms. The van der Waals surface area contributed by atoms with Crippen LogP contribution < -0.4 is 4.90 Å². The van der Waals surface area contributed by atoms with Gasteiger partial charge in [-0.15, -0.1) is 11.3 Å². The van der Waals surface area contributed by atoms with Crippen LogP contribution in [0.4, 0.5) is 10.8 Å². The number of nitrogens with zero attached hydrogens (tertiary/aromatic N) is 3. The molecule has 0 fully saturated rings. The molecule has 2 heterocycles. The Morgan fingerprint density at radius 1 is 1.14 bits per heavy atom. The lowest BCUT2D eigenvalue weighted by molar-refractivity contribution is -0.115. The van der Waals surface area contributed by atoms with Gasteiger partial charge in [-0.2, -0.15) is 0 Å². The molecule has 10 heteroatoms. The fraction of sp³-hybridized carbons (Fsp3) is 0.111. The highest BCUT2D eigenvalue weighted by atomic mass is 35.5. The van der Waals surface area contributed by atoms with Crippen LogP contribution in [0.3, 0.4) is 0 Å². The molecule has 6 nitrogen and oxygen atoms in total. The van der Waals surface area contributed by atoms with E-state index in [2.05, 4.69) is 9.97 Å². The Kier molecular flexibility index (Phi) is 6.51. The van der Waals surface area contributed by atoms with Crippen molar-refractivity contribution in [2.45, 2.75) is 13.5 Å². The Balaban J connectivity index is 1.73. The number of carbonyl (C=O) groups excluding carboxylic acids is 2. The predicted molar refractivity (Wildman–Crippen MR) is 110 cm³/mol. The molecule has 0 spiro atoms. The highest BCUT2D eigenvalue weighted by molar-refractivity contribution is 7.14. The minimum atomic E-state index is -0.760. The summed E-state index contributed by atoms with van der Waals surface area (Å²) < 4.78 is 5.20. The van der Waals surface area contributed by atoms with Crippen molar-refractivity contribution in [2.75, 3.05) is 4.90 Å². The topological polar surface area (TPSA) is 72.4 Å². The van der Waals surface area contributed by atoms with Gasteiger partial charge in [-0.1, -0.05) is 53.0 Å². The van der Waals surface area contributed by atoms with E-state index in [0.717, 1.165) is 0 Å². The number of rotatable bonds is 5. The lowest BCUT2D eigenvalue weighted by atomic mass is 10.3. The van der Waals surface area contributed by atoms with E-state index >= 15 is 0 Å². The molecular weight excluding hydrogens is 445 g/mol. The average Bonchev–Trinajstić information content (AvgIpc) is 3.13. The minimum Gasteiger partial charge on any atom is -0.454 e. The van der Waals surface area contributed by atoms with Crippen molar-refractivity contribution < 1.29 is 14.3 Å². The first-order valence-electron chi connectivity index (χ1n) is 7.85. The molecule has 3 aromatic rings. The molecule has 3 rings (SSSR count). The first-order chi connectivity index (χ1) is 13.4. The maximum absolute atomic E-state index is 12.2. The third kappa shape index (κ3) is 4.44. The monoisotopic (exact) mass is 455 g/mol. The molecule has 0 radical (unpaired) electrons. The van der Waals surface area contributed by atoms with Gasteiger partial charge in [0.05, 0.1) is 26.4 Å². The molecule has 1 amide bonds. The molecule has 0 N–H and O–H groups in total. The van der Waals surface area contributed by atoms with Crippen molar-refractivity contribution in [3.63, 3.8) is 0 Å². The second-order valence-electron chi connectivity index (χ2n) is 5.47. The molecule has 28 heavy (non-hydrogen) atoms. The average molecular weight is 457 g/mol. The Hall–Kier alpha value is -2.19. The van der Waals surface area contributed by atoms with E-state index in [0.29, 0.717) is 16.5 Å². The van der Waals surface area contributed by atoms with E-state index in [-0.39, 0.29) is 33.3 Å². The summed E-state index contributed by atoms with van der Waals surface area (Å²) in [5.74, 6) is -0.944. The number of para-hydroxylation sites is 1. The number of ether oxygens (including phenoxy) is 1. The fourth-order valence-electron chi connectivity index (χ4n) is 2.26. The summed E-state index contributed by atoms with van der Waals surface area (Å²) in [5.41, 5.74) is 1.03. The number of hydrogen-bond donors (Lipinski definition) is 0. The largest absolute Gasteiger partial charge is 0.454 e. The number of aromatic nitrogens is 2. The molecular formula is C18H12Cl3N3O3S. The molecule has 0 aliphatic rings. The Labute approximate surface area is 179 Å². The van der Waals surface area contributed by atoms with Gasteiger partial charge in [0.2, 0.25) is 5.91 Å². The SMILES string of the molecule is CC(=O)N(c1ccccc1)c1nc(COC(=O)c2ncc(Cl)c(Cl)c2Cl)cs1. The predicted octanol–water partition coefficient (Wildman–Crippen LogP) is 5.54. The summed E-state index contributed by atoms with van der Waals surface area (Å²) in [6.45, 7) is 1.33. The molecule has 2 aromatic heterocycles. The van der Waals surface area contributed by atoms with Gasteiger partial charge in [-0.05, 0) is 12.1 Å². The molecule has 0 atom stereocenters. The minimum absolute atomic E-state index is 0.0289. The van der Waals surface area contributed by atoms with Crippen LogP contribution in [0.1, 0.15) is 23.1 Å². The maximum Gasteiger partial charge on any atom is 0.358 e. The molecule has 0 aliphatic heterocycles. The van der Waals surface area contributed by atoms with Gasteiger partial charge in [-0.25, -0.2) is 14.8 Å². The fourth-order valence-corrected chi connectivity index (χ4v) is 3.69. The zero-order chi connectivity index (χ0) is 20.3. The molecule has 0 aliphatic carbocycles. The quantitative estimate of drug-likeness (QED) is 0.471. The van der Waals surface area contributed by atoms with E-state index in [4.69, 9.17) is 39.5 Å². The Morgan fingerprint density at radius 2 is 1.86 bits per heavy atom. The number of esters is 1. The highest BCUT2D eigenvalue weighted by Crippen LogP contribution is 2.32. The lowest BCUT2D eigenvalue weighted by Gasteiger charge is -2.17. The van der Waals surface area contributed by atoms with Crippen molar-refractivity contribution in [2.24, 2.45) is 0 Å².